The summed E-state index contributed by atoms with van der Waals surface area (Å²) in [6.45, 7) is 0.545. The molecule has 0 spiro atoms. The number of fused-ring (bicyclic) bond motifs is 1. The Bertz CT molecular complexity index is 1220. The van der Waals surface area contributed by atoms with Crippen LogP contribution in [0, 0.1) is 0 Å². The Morgan fingerprint density at radius 1 is 1.18 bits per heavy atom. The molecule has 0 unspecified atom stereocenters. The molecular weight excluding hydrogens is 440 g/mol. The largest absolute Gasteiger partial charge is 0.383 e. The lowest BCUT2D eigenvalue weighted by Crippen LogP contribution is -2.41. The van der Waals surface area contributed by atoms with Crippen LogP contribution in [0.25, 0.3) is 0 Å². The van der Waals surface area contributed by atoms with E-state index in [4.69, 9.17) is 10.5 Å². The van der Waals surface area contributed by atoms with Gasteiger partial charge in [0.2, 0.25) is 0 Å². The number of methoxy groups -OCH3 is 1. The highest BCUT2D eigenvalue weighted by Gasteiger charge is 2.28. The van der Waals surface area contributed by atoms with Crippen molar-refractivity contribution in [2.75, 3.05) is 24.4 Å². The van der Waals surface area contributed by atoms with Crippen LogP contribution in [-0.4, -0.2) is 29.2 Å². The summed E-state index contributed by atoms with van der Waals surface area (Å²) in [6.07, 6.45) is 5.35. The molecule has 4 rings (SSSR count). The average molecular weight is 469 g/mol. The number of nitrogen functional groups attached to an aromatic ring is 1. The number of aromatic amines is 1. The quantitative estimate of drug-likeness (QED) is 0.518. The van der Waals surface area contributed by atoms with Crippen LogP contribution in [0.15, 0.2) is 46.0 Å². The maximum absolute atomic E-state index is 13.8. The standard InChI is InChI=1S/C24H28N4O4S/c1-32-13-12-27-21(25)20(22(29)26-24(27)31)28(15-16-8-4-2-5-9-16)23(30)19-14-17-10-6-3-7-11-18(17)33-19/h2,4-5,8-9,14H,3,6-7,10-13,15,25H2,1H3,(H,26,29,31). The second-order valence-electron chi connectivity index (χ2n) is 8.13. The molecule has 0 bridgehead atoms. The van der Waals surface area contributed by atoms with Gasteiger partial charge in [-0.05, 0) is 42.9 Å². The van der Waals surface area contributed by atoms with E-state index in [-0.39, 0.29) is 37.1 Å². The van der Waals surface area contributed by atoms with Crippen LogP contribution in [0.2, 0.25) is 0 Å². The van der Waals surface area contributed by atoms with Crippen molar-refractivity contribution in [3.05, 3.63) is 78.1 Å². The van der Waals surface area contributed by atoms with E-state index in [0.29, 0.717) is 4.88 Å². The van der Waals surface area contributed by atoms with Crippen LogP contribution in [0.5, 0.6) is 0 Å². The topological polar surface area (TPSA) is 110 Å². The molecule has 0 aliphatic heterocycles. The molecule has 2 heterocycles. The van der Waals surface area contributed by atoms with Gasteiger partial charge in [0.25, 0.3) is 11.5 Å². The van der Waals surface area contributed by atoms with Crippen molar-refractivity contribution >= 4 is 28.7 Å². The molecule has 1 amide bonds. The van der Waals surface area contributed by atoms with Gasteiger partial charge >= 0.3 is 5.69 Å². The Balaban J connectivity index is 1.80. The number of hydrogen-bond donors (Lipinski definition) is 2. The first kappa shape index (κ1) is 23.0. The van der Waals surface area contributed by atoms with Gasteiger partial charge in [-0.15, -0.1) is 11.3 Å². The van der Waals surface area contributed by atoms with Crippen LogP contribution in [0.3, 0.4) is 0 Å². The van der Waals surface area contributed by atoms with E-state index in [1.807, 2.05) is 36.4 Å². The average Bonchev–Trinajstić information content (AvgIpc) is 3.08. The molecule has 174 valence electrons. The number of hydrogen-bond acceptors (Lipinski definition) is 6. The van der Waals surface area contributed by atoms with Crippen molar-refractivity contribution in [3.63, 3.8) is 0 Å². The fourth-order valence-corrected chi connectivity index (χ4v) is 5.37. The molecule has 0 fully saturated rings. The highest BCUT2D eigenvalue weighted by molar-refractivity contribution is 7.14. The fraction of sp³-hybridized carbons (Fsp3) is 0.375. The van der Waals surface area contributed by atoms with E-state index in [2.05, 4.69) is 4.98 Å². The minimum Gasteiger partial charge on any atom is -0.383 e. The van der Waals surface area contributed by atoms with Crippen molar-refractivity contribution in [1.29, 1.82) is 0 Å². The predicted molar refractivity (Wildman–Crippen MR) is 130 cm³/mol. The van der Waals surface area contributed by atoms with Crippen molar-refractivity contribution in [3.8, 4) is 0 Å². The molecule has 0 saturated carbocycles. The lowest BCUT2D eigenvalue weighted by molar-refractivity contribution is 0.0988. The van der Waals surface area contributed by atoms with Gasteiger partial charge in [-0.2, -0.15) is 0 Å². The molecule has 9 heteroatoms. The van der Waals surface area contributed by atoms with E-state index in [1.165, 1.54) is 44.8 Å². The number of carbonyl (C=O) groups is 1. The fourth-order valence-electron chi connectivity index (χ4n) is 4.17. The number of amides is 1. The summed E-state index contributed by atoms with van der Waals surface area (Å²) in [6, 6.07) is 11.4. The van der Waals surface area contributed by atoms with Crippen molar-refractivity contribution in [2.24, 2.45) is 0 Å². The monoisotopic (exact) mass is 468 g/mol. The highest BCUT2D eigenvalue weighted by atomic mass is 32.1. The molecule has 0 saturated heterocycles. The van der Waals surface area contributed by atoms with Gasteiger partial charge in [-0.1, -0.05) is 36.8 Å². The summed E-state index contributed by atoms with van der Waals surface area (Å²) >= 11 is 1.49. The zero-order valence-electron chi connectivity index (χ0n) is 18.6. The Morgan fingerprint density at radius 2 is 1.94 bits per heavy atom. The molecule has 3 aromatic rings. The van der Waals surface area contributed by atoms with E-state index in [1.54, 1.807) is 0 Å². The summed E-state index contributed by atoms with van der Waals surface area (Å²) in [5.74, 6) is -0.353. The number of nitrogens with zero attached hydrogens (tertiary/aromatic N) is 2. The molecule has 8 nitrogen and oxygen atoms in total. The number of aryl methyl sites for hydroxylation is 2. The lowest BCUT2D eigenvalue weighted by Gasteiger charge is -2.24. The van der Waals surface area contributed by atoms with Crippen molar-refractivity contribution in [1.82, 2.24) is 9.55 Å². The number of carbonyl (C=O) groups excluding carboxylic acids is 1. The minimum absolute atomic E-state index is 0.0249. The molecule has 0 atom stereocenters. The third-order valence-electron chi connectivity index (χ3n) is 5.89. The Hall–Kier alpha value is -3.17. The van der Waals surface area contributed by atoms with Gasteiger partial charge < -0.3 is 10.5 Å². The molecule has 3 N–H and O–H groups in total. The Morgan fingerprint density at radius 3 is 2.70 bits per heavy atom. The number of anilines is 2. The number of rotatable bonds is 7. The number of H-pyrrole nitrogens is 1. The van der Waals surface area contributed by atoms with Gasteiger partial charge in [-0.3, -0.25) is 24.0 Å². The molecule has 1 aliphatic rings. The number of nitrogens with two attached hydrogens (primary N) is 1. The lowest BCUT2D eigenvalue weighted by atomic mass is 10.1. The number of nitrogens with one attached hydrogen (secondary N) is 1. The first-order valence-electron chi connectivity index (χ1n) is 11.1. The molecule has 33 heavy (non-hydrogen) atoms. The first-order valence-corrected chi connectivity index (χ1v) is 11.9. The molecule has 2 aromatic heterocycles. The van der Waals surface area contributed by atoms with E-state index in [9.17, 15) is 14.4 Å². The third kappa shape index (κ3) is 4.94. The van der Waals surface area contributed by atoms with Gasteiger partial charge in [-0.25, -0.2) is 4.79 Å². The molecule has 0 radical (unpaired) electrons. The maximum atomic E-state index is 13.8. The van der Waals surface area contributed by atoms with Gasteiger partial charge in [0.15, 0.2) is 5.69 Å². The van der Waals surface area contributed by atoms with Crippen LogP contribution >= 0.6 is 11.3 Å². The van der Waals surface area contributed by atoms with E-state index >= 15 is 0 Å². The number of benzene rings is 1. The smallest absolute Gasteiger partial charge is 0.330 e. The minimum atomic E-state index is -0.687. The van der Waals surface area contributed by atoms with Crippen molar-refractivity contribution in [2.45, 2.75) is 45.2 Å². The van der Waals surface area contributed by atoms with Crippen LogP contribution in [0.1, 0.15) is 44.9 Å². The second kappa shape index (κ2) is 10.2. The van der Waals surface area contributed by atoms with Crippen LogP contribution in [-0.2, 0) is 30.7 Å². The zero-order valence-corrected chi connectivity index (χ0v) is 19.5. The van der Waals surface area contributed by atoms with Gasteiger partial charge in [0.05, 0.1) is 24.6 Å². The summed E-state index contributed by atoms with van der Waals surface area (Å²) < 4.78 is 6.30. The SMILES string of the molecule is COCCn1c(N)c(N(Cc2ccccc2)C(=O)c2cc3c(s2)CCCCC3)c(=O)[nH]c1=O. The normalized spacial score (nSPS) is 13.4. The number of thiophene rings is 1. The van der Waals surface area contributed by atoms with Crippen molar-refractivity contribution < 1.29 is 9.53 Å². The number of ether oxygens (including phenoxy) is 1. The van der Waals surface area contributed by atoms with E-state index in [0.717, 1.165) is 31.2 Å². The summed E-state index contributed by atoms with van der Waals surface area (Å²) in [7, 11) is 1.51. The molecular formula is C24H28N4O4S. The summed E-state index contributed by atoms with van der Waals surface area (Å²) in [5, 5.41) is 0. The Labute approximate surface area is 195 Å². The first-order chi connectivity index (χ1) is 16.0. The predicted octanol–water partition coefficient (Wildman–Crippen LogP) is 2.94. The Kier molecular flexibility index (Phi) is 7.10. The maximum Gasteiger partial charge on any atom is 0.330 e. The second-order valence-corrected chi connectivity index (χ2v) is 9.27. The molecule has 1 aliphatic carbocycles. The van der Waals surface area contributed by atoms with Gasteiger partial charge in [0, 0.05) is 12.0 Å². The highest BCUT2D eigenvalue weighted by Crippen LogP contribution is 2.31. The van der Waals surface area contributed by atoms with Crippen LogP contribution in [0.4, 0.5) is 11.5 Å². The summed E-state index contributed by atoms with van der Waals surface area (Å²) in [5.41, 5.74) is 7.03. The summed E-state index contributed by atoms with van der Waals surface area (Å²) in [4.78, 5) is 44.6. The third-order valence-corrected chi connectivity index (χ3v) is 7.11. The van der Waals surface area contributed by atoms with Crippen LogP contribution < -0.4 is 21.9 Å². The molecule has 1 aromatic carbocycles. The number of aromatic nitrogens is 2. The zero-order chi connectivity index (χ0) is 23.4. The van der Waals surface area contributed by atoms with E-state index < -0.39 is 11.2 Å². The van der Waals surface area contributed by atoms with Gasteiger partial charge in [0.1, 0.15) is 5.82 Å².